The first-order valence-electron chi connectivity index (χ1n) is 9.53. The summed E-state index contributed by atoms with van der Waals surface area (Å²) < 4.78 is 38.7. The predicted molar refractivity (Wildman–Crippen MR) is 122 cm³/mol. The molecular weight excluding hydrogens is 452 g/mol. The Kier molecular flexibility index (Phi) is 5.66. The van der Waals surface area contributed by atoms with Crippen LogP contribution < -0.4 is 19.6 Å². The Morgan fingerprint density at radius 2 is 1.88 bits per heavy atom. The lowest BCUT2D eigenvalue weighted by atomic mass is 9.83. The number of rotatable bonds is 7. The van der Waals surface area contributed by atoms with Crippen molar-refractivity contribution in [2.45, 2.75) is 12.0 Å². The Hall–Kier alpha value is -3.37. The number of carbonyl (C=O) groups excluding carboxylic acids is 1. The molecule has 2 N–H and O–H groups in total. The van der Waals surface area contributed by atoms with Crippen LogP contribution in [0.4, 0.5) is 0 Å². The van der Waals surface area contributed by atoms with Gasteiger partial charge < -0.3 is 24.0 Å². The van der Waals surface area contributed by atoms with Gasteiger partial charge in [-0.05, 0) is 58.7 Å². The van der Waals surface area contributed by atoms with E-state index in [0.29, 0.717) is 23.3 Å². The molecule has 0 radical (unpaired) electrons. The molecule has 1 saturated heterocycles. The number of methoxy groups -OCH3 is 1. The molecule has 1 aliphatic heterocycles. The first-order valence-corrected chi connectivity index (χ1v) is 11.8. The number of carbonyl (C=O) groups is 1. The summed E-state index contributed by atoms with van der Waals surface area (Å²) in [5.41, 5.74) is 1.78. The second-order valence-electron chi connectivity index (χ2n) is 7.39. The summed E-state index contributed by atoms with van der Waals surface area (Å²) in [5.74, 6) is 0.281. The van der Waals surface area contributed by atoms with Crippen LogP contribution in [0.25, 0.3) is 11.1 Å². The number of benzene rings is 2. The molecule has 1 unspecified atom stereocenters. The Morgan fingerprint density at radius 3 is 2.50 bits per heavy atom. The molecule has 3 aromatic rings. The molecule has 1 amide bonds. The first kappa shape index (κ1) is 21.8. The van der Waals surface area contributed by atoms with E-state index >= 15 is 0 Å². The molecule has 166 valence electrons. The molecule has 2 aromatic carbocycles. The van der Waals surface area contributed by atoms with Gasteiger partial charge in [-0.15, -0.1) is 0 Å². The molecule has 10 heteroatoms. The molecule has 0 saturated carbocycles. The Bertz CT molecular complexity index is 1290. The molecule has 8 nitrogen and oxygen atoms in total. The Balaban J connectivity index is 1.80. The number of ether oxygens (including phenoxy) is 1. The van der Waals surface area contributed by atoms with Crippen molar-refractivity contribution in [3.8, 4) is 22.6 Å². The number of nitrogens with one attached hydrogen (secondary N) is 2. The maximum atomic E-state index is 13.0. The van der Waals surface area contributed by atoms with Gasteiger partial charge in [0, 0.05) is 12.5 Å². The molecule has 1 aliphatic rings. The minimum atomic E-state index is -3.72. The fourth-order valence-electron chi connectivity index (χ4n) is 3.66. The average molecular weight is 473 g/mol. The number of amides is 1. The maximum absolute atomic E-state index is 13.0. The smallest absolute Gasteiger partial charge is 0.306 e. The molecule has 0 bridgehead atoms. The number of furan rings is 1. The summed E-state index contributed by atoms with van der Waals surface area (Å²) in [6.45, 7) is 0. The van der Waals surface area contributed by atoms with Crippen molar-refractivity contribution >= 4 is 33.4 Å². The summed E-state index contributed by atoms with van der Waals surface area (Å²) in [4.78, 5) is 13.0. The monoisotopic (exact) mass is 472 g/mol. The van der Waals surface area contributed by atoms with Gasteiger partial charge in [0.05, 0.1) is 25.9 Å². The van der Waals surface area contributed by atoms with E-state index in [2.05, 4.69) is 10.6 Å². The highest BCUT2D eigenvalue weighted by Crippen LogP contribution is 2.35. The van der Waals surface area contributed by atoms with E-state index in [4.69, 9.17) is 25.6 Å². The highest BCUT2D eigenvalue weighted by atomic mass is 32.2. The Labute approximate surface area is 190 Å². The number of hydrogen-bond donors (Lipinski definition) is 2. The molecule has 1 atom stereocenters. The molecule has 0 spiro atoms. The number of hydrogen-bond acceptors (Lipinski definition) is 7. The van der Waals surface area contributed by atoms with Crippen LogP contribution in [0.1, 0.15) is 11.1 Å². The molecule has 1 fully saturated rings. The highest BCUT2D eigenvalue weighted by molar-refractivity contribution is 7.86. The lowest BCUT2D eigenvalue weighted by molar-refractivity contribution is -0.124. The van der Waals surface area contributed by atoms with Gasteiger partial charge in [0.25, 0.3) is 5.91 Å². The fourth-order valence-corrected chi connectivity index (χ4v) is 4.38. The van der Waals surface area contributed by atoms with Gasteiger partial charge in [-0.3, -0.25) is 4.79 Å². The van der Waals surface area contributed by atoms with Gasteiger partial charge in [0.15, 0.2) is 5.11 Å². The minimum absolute atomic E-state index is 0.123. The third-order valence-electron chi connectivity index (χ3n) is 5.04. The van der Waals surface area contributed by atoms with Gasteiger partial charge >= 0.3 is 10.1 Å². The van der Waals surface area contributed by atoms with Crippen molar-refractivity contribution in [1.29, 1.82) is 0 Å². The van der Waals surface area contributed by atoms with Crippen LogP contribution in [0.5, 0.6) is 11.5 Å². The zero-order chi connectivity index (χ0) is 22.9. The summed E-state index contributed by atoms with van der Waals surface area (Å²) in [6.07, 6.45) is 4.42. The predicted octanol–water partition coefficient (Wildman–Crippen LogP) is 2.74. The highest BCUT2D eigenvalue weighted by Gasteiger charge is 2.46. The van der Waals surface area contributed by atoms with E-state index in [1.165, 1.54) is 13.2 Å². The minimum Gasteiger partial charge on any atom is -0.497 e. The molecular formula is C22H20N2O6S2. The van der Waals surface area contributed by atoms with Crippen molar-refractivity contribution in [2.75, 3.05) is 13.4 Å². The zero-order valence-corrected chi connectivity index (χ0v) is 18.9. The van der Waals surface area contributed by atoms with E-state index in [1.807, 2.05) is 24.3 Å². The SMILES string of the molecule is COc1cc(OS(C)(=O)=O)cc(-c2cccc(C3(Cc4ccoc4)NC(=S)NC3=O)c2)c1. The van der Waals surface area contributed by atoms with Gasteiger partial charge in [0.2, 0.25) is 0 Å². The van der Waals surface area contributed by atoms with Gasteiger partial charge in [0.1, 0.15) is 17.0 Å². The largest absolute Gasteiger partial charge is 0.497 e. The van der Waals surface area contributed by atoms with Gasteiger partial charge in [-0.25, -0.2) is 0 Å². The summed E-state index contributed by atoms with van der Waals surface area (Å²) in [6, 6.07) is 14.0. The molecule has 1 aromatic heterocycles. The van der Waals surface area contributed by atoms with Crippen molar-refractivity contribution in [1.82, 2.24) is 10.6 Å². The van der Waals surface area contributed by atoms with E-state index in [1.54, 1.807) is 30.7 Å². The van der Waals surface area contributed by atoms with Gasteiger partial charge in [-0.2, -0.15) is 8.42 Å². The lowest BCUT2D eigenvalue weighted by Gasteiger charge is -2.27. The summed E-state index contributed by atoms with van der Waals surface area (Å²) in [5, 5.41) is 6.04. The zero-order valence-electron chi connectivity index (χ0n) is 17.2. The van der Waals surface area contributed by atoms with Crippen LogP contribution in [-0.4, -0.2) is 32.8 Å². The van der Waals surface area contributed by atoms with Crippen LogP contribution in [0, 0.1) is 0 Å². The van der Waals surface area contributed by atoms with Crippen LogP contribution in [0.3, 0.4) is 0 Å². The van der Waals surface area contributed by atoms with E-state index in [0.717, 1.165) is 17.4 Å². The summed E-state index contributed by atoms with van der Waals surface area (Å²) in [7, 11) is -2.24. The van der Waals surface area contributed by atoms with Crippen molar-refractivity contribution < 1.29 is 26.5 Å². The van der Waals surface area contributed by atoms with Crippen molar-refractivity contribution in [3.05, 3.63) is 72.2 Å². The van der Waals surface area contributed by atoms with Crippen LogP contribution in [-0.2, 0) is 26.9 Å². The summed E-state index contributed by atoms with van der Waals surface area (Å²) >= 11 is 5.21. The average Bonchev–Trinajstić information content (AvgIpc) is 3.34. The van der Waals surface area contributed by atoms with Crippen LogP contribution in [0.15, 0.2) is 65.5 Å². The lowest BCUT2D eigenvalue weighted by Crippen LogP contribution is -2.45. The topological polar surface area (TPSA) is 107 Å². The standard InChI is InChI=1S/C22H20N2O6S2/c1-28-18-9-16(10-19(11-18)30-32(2,26)27)15-4-3-5-17(8-15)22(12-14-6-7-29-13-14)20(25)23-21(31)24-22/h3-11,13H,12H2,1-2H3,(H2,23,24,25,31). The third-order valence-corrected chi connectivity index (χ3v) is 5.74. The van der Waals surface area contributed by atoms with Crippen molar-refractivity contribution in [3.63, 3.8) is 0 Å². The molecule has 32 heavy (non-hydrogen) atoms. The maximum Gasteiger partial charge on any atom is 0.306 e. The quantitative estimate of drug-likeness (QED) is 0.399. The first-order chi connectivity index (χ1) is 15.2. The third kappa shape index (κ3) is 4.46. The van der Waals surface area contributed by atoms with E-state index in [9.17, 15) is 13.2 Å². The van der Waals surface area contributed by atoms with Gasteiger partial charge in [-0.1, -0.05) is 18.2 Å². The molecule has 2 heterocycles. The molecule has 4 rings (SSSR count). The number of thiocarbonyl (C=S) groups is 1. The molecule has 0 aliphatic carbocycles. The van der Waals surface area contributed by atoms with Crippen molar-refractivity contribution in [2.24, 2.45) is 0 Å². The fraction of sp³-hybridized carbons (Fsp3) is 0.182. The van der Waals surface area contributed by atoms with Crippen LogP contribution in [0.2, 0.25) is 0 Å². The normalized spacial score (nSPS) is 18.2. The van der Waals surface area contributed by atoms with E-state index in [-0.39, 0.29) is 16.8 Å². The van der Waals surface area contributed by atoms with Crippen LogP contribution >= 0.6 is 12.2 Å². The second-order valence-corrected chi connectivity index (χ2v) is 9.37. The van der Waals surface area contributed by atoms with E-state index < -0.39 is 15.7 Å². The Morgan fingerprint density at radius 1 is 1.09 bits per heavy atom. The second kappa shape index (κ2) is 8.29.